The Kier molecular flexibility index (Phi) is 5.33. The van der Waals surface area contributed by atoms with E-state index in [1.54, 1.807) is 37.1 Å². The summed E-state index contributed by atoms with van der Waals surface area (Å²) in [5.41, 5.74) is 0.437. The predicted molar refractivity (Wildman–Crippen MR) is 132 cm³/mol. The second-order valence-electron chi connectivity index (χ2n) is 8.55. The summed E-state index contributed by atoms with van der Waals surface area (Å²) in [5.74, 6) is -0.863. The molecule has 1 saturated carbocycles. The highest BCUT2D eigenvalue weighted by molar-refractivity contribution is 7.81. The normalized spacial score (nSPS) is 16.4. The molecule has 2 amide bonds. The number of halogens is 1. The highest BCUT2D eigenvalue weighted by atomic mass is 32.1. The average molecular weight is 490 g/mol. The maximum atomic E-state index is 15.1. The molecule has 1 saturated heterocycles. The fourth-order valence-corrected chi connectivity index (χ4v) is 4.98. The van der Waals surface area contributed by atoms with Crippen LogP contribution in [0.5, 0.6) is 0 Å². The van der Waals surface area contributed by atoms with Crippen molar-refractivity contribution in [2.24, 2.45) is 7.05 Å². The third-order valence-corrected chi connectivity index (χ3v) is 6.88. The number of nitrogens with one attached hydrogen (secondary N) is 1. The second-order valence-corrected chi connectivity index (χ2v) is 8.91. The summed E-state index contributed by atoms with van der Waals surface area (Å²) in [6.07, 6.45) is 4.95. The highest BCUT2D eigenvalue weighted by Crippen LogP contribution is 2.48. The number of thiocarbonyl (C=S) groups is 1. The van der Waals surface area contributed by atoms with Gasteiger partial charge in [-0.1, -0.05) is 6.57 Å². The SMILES string of the molecule is [C-]#[N+]c1ncc(N2C(=O)C3(CCC3)N(c3ccc(C(=O)Nc4ccnn4C)c(F)c3)C2=S)cc1C. The van der Waals surface area contributed by atoms with Crippen LogP contribution in [0, 0.1) is 19.3 Å². The molecule has 5 rings (SSSR count). The first-order valence-electron chi connectivity index (χ1n) is 10.9. The molecule has 35 heavy (non-hydrogen) atoms. The molecule has 1 N–H and O–H groups in total. The van der Waals surface area contributed by atoms with Crippen molar-refractivity contribution in [2.45, 2.75) is 31.7 Å². The third-order valence-electron chi connectivity index (χ3n) is 6.51. The largest absolute Gasteiger partial charge is 0.360 e. The molecule has 0 unspecified atom stereocenters. The number of rotatable bonds is 4. The fraction of sp³-hybridized carbons (Fsp3) is 0.250. The van der Waals surface area contributed by atoms with Crippen LogP contribution in [0.3, 0.4) is 0 Å². The van der Waals surface area contributed by atoms with E-state index in [4.69, 9.17) is 18.8 Å². The van der Waals surface area contributed by atoms with Gasteiger partial charge in [0.15, 0.2) is 5.11 Å². The van der Waals surface area contributed by atoms with Gasteiger partial charge in [0.1, 0.15) is 23.4 Å². The van der Waals surface area contributed by atoms with Crippen LogP contribution in [0.15, 0.2) is 42.7 Å². The molecule has 1 aromatic carbocycles. The van der Waals surface area contributed by atoms with Crippen molar-refractivity contribution in [3.8, 4) is 0 Å². The Labute approximate surface area is 206 Å². The van der Waals surface area contributed by atoms with Crippen LogP contribution in [0.25, 0.3) is 4.85 Å². The van der Waals surface area contributed by atoms with E-state index in [1.165, 1.54) is 34.1 Å². The zero-order valence-corrected chi connectivity index (χ0v) is 19.8. The number of aryl methyl sites for hydroxylation is 2. The van der Waals surface area contributed by atoms with Gasteiger partial charge in [-0.15, -0.1) is 4.98 Å². The van der Waals surface area contributed by atoms with Crippen LogP contribution in [0.1, 0.15) is 35.2 Å². The Balaban J connectivity index is 1.48. The summed E-state index contributed by atoms with van der Waals surface area (Å²) in [6.45, 7) is 8.95. The first-order chi connectivity index (χ1) is 16.8. The minimum atomic E-state index is -0.908. The van der Waals surface area contributed by atoms with E-state index in [0.717, 1.165) is 6.42 Å². The number of benzene rings is 1. The maximum absolute atomic E-state index is 15.1. The number of hydrogen-bond donors (Lipinski definition) is 1. The van der Waals surface area contributed by atoms with Gasteiger partial charge in [0, 0.05) is 18.8 Å². The number of pyridine rings is 1. The smallest absolute Gasteiger partial charge is 0.272 e. The van der Waals surface area contributed by atoms with E-state index in [0.29, 0.717) is 35.6 Å². The summed E-state index contributed by atoms with van der Waals surface area (Å²) in [6, 6.07) is 7.51. The molecular formula is C24H20FN7O2S. The monoisotopic (exact) mass is 489 g/mol. The number of aromatic nitrogens is 3. The van der Waals surface area contributed by atoms with Crippen LogP contribution in [-0.2, 0) is 11.8 Å². The topological polar surface area (TPSA) is 87.7 Å². The van der Waals surface area contributed by atoms with Crippen molar-refractivity contribution in [3.63, 3.8) is 0 Å². The van der Waals surface area contributed by atoms with E-state index >= 15 is 4.39 Å². The van der Waals surface area contributed by atoms with Gasteiger partial charge in [-0.2, -0.15) is 5.10 Å². The summed E-state index contributed by atoms with van der Waals surface area (Å²) < 4.78 is 16.6. The second kappa shape index (κ2) is 8.25. The standard InChI is InChI=1S/C24H20FN7O2S/c1-14-11-16(13-27-20(14)26-2)31-22(34)24(8-4-9-24)32(23(31)35)15-5-6-17(18(25)12-15)21(33)29-19-7-10-28-30(19)3/h5-7,10-13H,4,8-9H2,1,3H3,(H,29,33). The third kappa shape index (κ3) is 3.45. The molecule has 2 aromatic heterocycles. The van der Waals surface area contributed by atoms with Crippen molar-refractivity contribution in [3.05, 3.63) is 71.1 Å². The molecule has 2 fully saturated rings. The molecule has 176 valence electrons. The number of amides is 2. The highest BCUT2D eigenvalue weighted by Gasteiger charge is 2.59. The van der Waals surface area contributed by atoms with E-state index in [9.17, 15) is 9.59 Å². The predicted octanol–water partition coefficient (Wildman–Crippen LogP) is 4.13. The van der Waals surface area contributed by atoms with Crippen molar-refractivity contribution in [2.75, 3.05) is 15.1 Å². The molecule has 3 heterocycles. The van der Waals surface area contributed by atoms with Gasteiger partial charge >= 0.3 is 0 Å². The summed E-state index contributed by atoms with van der Waals surface area (Å²) in [5, 5.41) is 6.81. The molecular weight excluding hydrogens is 469 g/mol. The molecule has 0 bridgehead atoms. The van der Waals surface area contributed by atoms with Gasteiger partial charge in [0.25, 0.3) is 17.6 Å². The van der Waals surface area contributed by atoms with E-state index < -0.39 is 17.3 Å². The van der Waals surface area contributed by atoms with Crippen LogP contribution >= 0.6 is 12.2 Å². The lowest BCUT2D eigenvalue weighted by molar-refractivity contribution is -0.123. The number of carbonyl (C=O) groups excluding carboxylic acids is 2. The Bertz CT molecular complexity index is 1440. The summed E-state index contributed by atoms with van der Waals surface area (Å²) in [4.78, 5) is 36.8. The zero-order valence-electron chi connectivity index (χ0n) is 18.9. The molecule has 3 aromatic rings. The average Bonchev–Trinajstić information content (AvgIpc) is 3.30. The lowest BCUT2D eigenvalue weighted by atomic mass is 9.75. The first kappa shape index (κ1) is 22.6. The van der Waals surface area contributed by atoms with Crippen molar-refractivity contribution < 1.29 is 14.0 Å². The molecule has 2 aliphatic rings. The van der Waals surface area contributed by atoms with Gasteiger partial charge in [0.2, 0.25) is 0 Å². The van der Waals surface area contributed by atoms with Crippen LogP contribution in [0.4, 0.5) is 27.4 Å². The quantitative estimate of drug-likeness (QED) is 0.438. The Morgan fingerprint density at radius 1 is 1.26 bits per heavy atom. The van der Waals surface area contributed by atoms with Crippen molar-refractivity contribution in [1.82, 2.24) is 14.8 Å². The Morgan fingerprint density at radius 2 is 2.03 bits per heavy atom. The molecule has 1 aliphatic heterocycles. The molecule has 0 radical (unpaired) electrons. The maximum Gasteiger partial charge on any atom is 0.272 e. The van der Waals surface area contributed by atoms with Crippen LogP contribution in [0.2, 0.25) is 0 Å². The van der Waals surface area contributed by atoms with Gasteiger partial charge in [-0.05, 0) is 68.2 Å². The molecule has 1 aliphatic carbocycles. The van der Waals surface area contributed by atoms with Gasteiger partial charge in [0.05, 0.1) is 17.4 Å². The molecule has 0 atom stereocenters. The lowest BCUT2D eigenvalue weighted by Gasteiger charge is -2.43. The number of carbonyl (C=O) groups is 2. The van der Waals surface area contributed by atoms with E-state index in [1.807, 2.05) is 0 Å². The summed E-state index contributed by atoms with van der Waals surface area (Å²) >= 11 is 5.71. The summed E-state index contributed by atoms with van der Waals surface area (Å²) in [7, 11) is 1.66. The number of anilines is 3. The minimum Gasteiger partial charge on any atom is -0.360 e. The van der Waals surface area contributed by atoms with Gasteiger partial charge in [-0.25, -0.2) is 4.39 Å². The Morgan fingerprint density at radius 3 is 2.60 bits per heavy atom. The van der Waals surface area contributed by atoms with E-state index in [-0.39, 0.29) is 22.4 Å². The Hall–Kier alpha value is -4.17. The molecule has 11 heteroatoms. The zero-order chi connectivity index (χ0) is 24.9. The molecule has 9 nitrogen and oxygen atoms in total. The number of nitrogens with zero attached hydrogens (tertiary/aromatic N) is 6. The fourth-order valence-electron chi connectivity index (χ4n) is 4.51. The van der Waals surface area contributed by atoms with Crippen molar-refractivity contribution in [1.29, 1.82) is 0 Å². The van der Waals surface area contributed by atoms with E-state index in [2.05, 4.69) is 20.2 Å². The van der Waals surface area contributed by atoms with Crippen LogP contribution < -0.4 is 15.1 Å². The first-order valence-corrected chi connectivity index (χ1v) is 11.3. The number of hydrogen-bond acceptors (Lipinski definition) is 5. The molecule has 1 spiro atoms. The minimum absolute atomic E-state index is 0.138. The lowest BCUT2D eigenvalue weighted by Crippen LogP contribution is -2.55. The van der Waals surface area contributed by atoms with Crippen molar-refractivity contribution >= 4 is 52.2 Å². The van der Waals surface area contributed by atoms with Gasteiger partial charge in [-0.3, -0.25) is 19.2 Å². The van der Waals surface area contributed by atoms with Gasteiger partial charge < -0.3 is 15.1 Å². The van der Waals surface area contributed by atoms with Crippen LogP contribution in [-0.4, -0.2) is 37.2 Å².